The number of primary amides is 1. The quantitative estimate of drug-likeness (QED) is 0.837. The van der Waals surface area contributed by atoms with E-state index < -0.39 is 11.3 Å². The number of nitrogens with zero attached hydrogens (tertiary/aromatic N) is 2. The van der Waals surface area contributed by atoms with Crippen molar-refractivity contribution >= 4 is 34.4 Å². The molecule has 0 bridgehead atoms. The minimum Gasteiger partial charge on any atom is -0.369 e. The fraction of sp³-hybridized carbons (Fsp3) is 0.357. The number of H-pyrrole nitrogens is 1. The molecule has 2 amide bonds. The first kappa shape index (κ1) is 13.9. The monoisotopic (exact) mass is 306 g/mol. The molecule has 1 fully saturated rings. The standard InChI is InChI=1S/C14H15ClN4O2/c1-19(13(21)14(4-5-14)12(16)20)7-11-17-9-3-2-8(15)6-10(9)18-11/h2-3,6H,4-5,7H2,1H3,(H2,16,20)(H,17,18). The molecule has 0 saturated heterocycles. The van der Waals surface area contributed by atoms with Gasteiger partial charge in [0.1, 0.15) is 11.2 Å². The number of fused-ring (bicyclic) bond motifs is 1. The van der Waals surface area contributed by atoms with E-state index in [4.69, 9.17) is 17.3 Å². The summed E-state index contributed by atoms with van der Waals surface area (Å²) in [6.45, 7) is 0.292. The van der Waals surface area contributed by atoms with Gasteiger partial charge in [-0.1, -0.05) is 11.6 Å². The second kappa shape index (κ2) is 4.73. The lowest BCUT2D eigenvalue weighted by molar-refractivity contribution is -0.142. The van der Waals surface area contributed by atoms with Gasteiger partial charge >= 0.3 is 0 Å². The number of aromatic nitrogens is 2. The Hall–Kier alpha value is -2.08. The molecule has 0 unspecified atom stereocenters. The summed E-state index contributed by atoms with van der Waals surface area (Å²) in [5.74, 6) is -0.146. The summed E-state index contributed by atoms with van der Waals surface area (Å²) in [7, 11) is 1.64. The van der Waals surface area contributed by atoms with Crippen LogP contribution in [0.5, 0.6) is 0 Å². The minimum atomic E-state index is -0.996. The third-order valence-electron chi connectivity index (χ3n) is 3.86. The molecule has 110 valence electrons. The summed E-state index contributed by atoms with van der Waals surface area (Å²) in [6, 6.07) is 5.35. The van der Waals surface area contributed by atoms with Gasteiger partial charge in [-0.25, -0.2) is 4.98 Å². The van der Waals surface area contributed by atoms with Gasteiger partial charge in [-0.2, -0.15) is 0 Å². The smallest absolute Gasteiger partial charge is 0.238 e. The number of rotatable bonds is 4. The summed E-state index contributed by atoms with van der Waals surface area (Å²) in [4.78, 5) is 32.7. The van der Waals surface area contributed by atoms with Crippen molar-refractivity contribution in [2.24, 2.45) is 11.1 Å². The van der Waals surface area contributed by atoms with E-state index in [1.165, 1.54) is 4.90 Å². The average molecular weight is 307 g/mol. The largest absolute Gasteiger partial charge is 0.369 e. The van der Waals surface area contributed by atoms with Crippen LogP contribution in [0.1, 0.15) is 18.7 Å². The Labute approximate surface area is 126 Å². The molecule has 7 heteroatoms. The number of hydrogen-bond acceptors (Lipinski definition) is 3. The number of carbonyl (C=O) groups is 2. The Morgan fingerprint density at radius 3 is 2.81 bits per heavy atom. The highest BCUT2D eigenvalue weighted by Crippen LogP contribution is 2.46. The summed E-state index contributed by atoms with van der Waals surface area (Å²) in [5.41, 5.74) is 5.92. The van der Waals surface area contributed by atoms with Crippen LogP contribution in [0.3, 0.4) is 0 Å². The van der Waals surface area contributed by atoms with Crippen molar-refractivity contribution in [2.75, 3.05) is 7.05 Å². The van der Waals surface area contributed by atoms with Gasteiger partial charge in [0.25, 0.3) is 0 Å². The van der Waals surface area contributed by atoms with Crippen LogP contribution in [0.4, 0.5) is 0 Å². The molecular weight excluding hydrogens is 292 g/mol. The van der Waals surface area contributed by atoms with Crippen molar-refractivity contribution in [3.8, 4) is 0 Å². The van der Waals surface area contributed by atoms with Gasteiger partial charge < -0.3 is 15.6 Å². The molecule has 1 aliphatic carbocycles. The number of benzene rings is 1. The van der Waals surface area contributed by atoms with E-state index in [-0.39, 0.29) is 5.91 Å². The normalized spacial score (nSPS) is 15.9. The summed E-state index contributed by atoms with van der Waals surface area (Å²) in [6.07, 6.45) is 1.06. The minimum absolute atomic E-state index is 0.242. The van der Waals surface area contributed by atoms with E-state index in [9.17, 15) is 9.59 Å². The van der Waals surface area contributed by atoms with E-state index in [1.807, 2.05) is 6.07 Å². The predicted molar refractivity (Wildman–Crippen MR) is 78.4 cm³/mol. The number of amides is 2. The second-order valence-electron chi connectivity index (χ2n) is 5.45. The van der Waals surface area contributed by atoms with Gasteiger partial charge in [-0.15, -0.1) is 0 Å². The van der Waals surface area contributed by atoms with Crippen LogP contribution < -0.4 is 5.73 Å². The highest BCUT2D eigenvalue weighted by Gasteiger charge is 2.56. The number of nitrogens with one attached hydrogen (secondary N) is 1. The maximum Gasteiger partial charge on any atom is 0.238 e. The Morgan fingerprint density at radius 2 is 2.19 bits per heavy atom. The molecule has 0 atom stereocenters. The summed E-state index contributed by atoms with van der Waals surface area (Å²) >= 11 is 5.92. The first-order valence-electron chi connectivity index (χ1n) is 6.62. The number of imidazole rings is 1. The molecule has 1 saturated carbocycles. The van der Waals surface area contributed by atoms with E-state index >= 15 is 0 Å². The van der Waals surface area contributed by atoms with Crippen molar-refractivity contribution in [3.63, 3.8) is 0 Å². The predicted octanol–water partition coefficient (Wildman–Crippen LogP) is 1.44. The highest BCUT2D eigenvalue weighted by atomic mass is 35.5. The van der Waals surface area contributed by atoms with Gasteiger partial charge in [0.05, 0.1) is 17.6 Å². The molecule has 1 aromatic heterocycles. The number of carbonyl (C=O) groups excluding carboxylic acids is 2. The van der Waals surface area contributed by atoms with E-state index in [2.05, 4.69) is 9.97 Å². The molecule has 1 aliphatic rings. The third kappa shape index (κ3) is 2.35. The van der Waals surface area contributed by atoms with Crippen LogP contribution in [0, 0.1) is 5.41 Å². The number of halogens is 1. The molecule has 0 aliphatic heterocycles. The van der Waals surface area contributed by atoms with Crippen LogP contribution in [0.2, 0.25) is 5.02 Å². The van der Waals surface area contributed by atoms with Crippen LogP contribution in [-0.4, -0.2) is 33.7 Å². The Bertz CT molecular complexity index is 736. The lowest BCUT2D eigenvalue weighted by Crippen LogP contribution is -2.41. The van der Waals surface area contributed by atoms with Crippen LogP contribution in [0.15, 0.2) is 18.2 Å². The fourth-order valence-corrected chi connectivity index (χ4v) is 2.63. The van der Waals surface area contributed by atoms with Crippen molar-refractivity contribution < 1.29 is 9.59 Å². The molecule has 0 spiro atoms. The molecule has 21 heavy (non-hydrogen) atoms. The first-order valence-corrected chi connectivity index (χ1v) is 7.00. The number of hydrogen-bond donors (Lipinski definition) is 2. The maximum absolute atomic E-state index is 12.3. The van der Waals surface area contributed by atoms with Gasteiger partial charge in [-0.3, -0.25) is 9.59 Å². The fourth-order valence-electron chi connectivity index (χ4n) is 2.46. The molecule has 3 N–H and O–H groups in total. The molecule has 2 aromatic rings. The van der Waals surface area contributed by atoms with Crippen LogP contribution >= 0.6 is 11.6 Å². The summed E-state index contributed by atoms with van der Waals surface area (Å²) < 4.78 is 0. The van der Waals surface area contributed by atoms with Crippen molar-refractivity contribution in [1.82, 2.24) is 14.9 Å². The number of aromatic amines is 1. The SMILES string of the molecule is CN(Cc1nc2ccc(Cl)cc2[nH]1)C(=O)C1(C(N)=O)CC1. The van der Waals surface area contributed by atoms with E-state index in [1.54, 1.807) is 19.2 Å². The van der Waals surface area contributed by atoms with Crippen molar-refractivity contribution in [1.29, 1.82) is 0 Å². The summed E-state index contributed by atoms with van der Waals surface area (Å²) in [5, 5.41) is 0.618. The van der Waals surface area contributed by atoms with Gasteiger partial charge in [0, 0.05) is 12.1 Å². The Morgan fingerprint density at radius 1 is 1.48 bits per heavy atom. The zero-order valence-electron chi connectivity index (χ0n) is 11.5. The third-order valence-corrected chi connectivity index (χ3v) is 4.09. The lowest BCUT2D eigenvalue weighted by Gasteiger charge is -2.20. The topological polar surface area (TPSA) is 92.1 Å². The van der Waals surface area contributed by atoms with E-state index in [0.29, 0.717) is 30.2 Å². The zero-order chi connectivity index (χ0) is 15.2. The van der Waals surface area contributed by atoms with Crippen LogP contribution in [-0.2, 0) is 16.1 Å². The molecule has 6 nitrogen and oxygen atoms in total. The molecule has 1 heterocycles. The number of nitrogens with two attached hydrogens (primary N) is 1. The first-order chi connectivity index (χ1) is 9.92. The van der Waals surface area contributed by atoms with Gasteiger partial charge in [-0.05, 0) is 31.0 Å². The zero-order valence-corrected chi connectivity index (χ0v) is 12.3. The van der Waals surface area contributed by atoms with Crippen LogP contribution in [0.25, 0.3) is 11.0 Å². The lowest BCUT2D eigenvalue weighted by atomic mass is 10.1. The maximum atomic E-state index is 12.3. The molecule has 0 radical (unpaired) electrons. The Kier molecular flexibility index (Phi) is 3.13. The second-order valence-corrected chi connectivity index (χ2v) is 5.89. The van der Waals surface area contributed by atoms with E-state index in [0.717, 1.165) is 11.0 Å². The van der Waals surface area contributed by atoms with Gasteiger partial charge in [0.2, 0.25) is 11.8 Å². The van der Waals surface area contributed by atoms with Crippen molar-refractivity contribution in [3.05, 3.63) is 29.0 Å². The average Bonchev–Trinajstić information content (AvgIpc) is 3.14. The highest BCUT2D eigenvalue weighted by molar-refractivity contribution is 6.31. The molecular formula is C14H15ClN4O2. The Balaban J connectivity index is 1.78. The molecule has 3 rings (SSSR count). The van der Waals surface area contributed by atoms with Crippen molar-refractivity contribution in [2.45, 2.75) is 19.4 Å². The molecule has 1 aromatic carbocycles. The van der Waals surface area contributed by atoms with Gasteiger partial charge in [0.15, 0.2) is 0 Å².